The van der Waals surface area contributed by atoms with Gasteiger partial charge < -0.3 is 14.2 Å². The molecule has 2 bridgehead atoms. The Morgan fingerprint density at radius 3 is 2.59 bits per heavy atom. The summed E-state index contributed by atoms with van der Waals surface area (Å²) in [4.78, 5) is 31.7. The largest absolute Gasteiger partial charge is 0.496 e. The molecule has 41 heavy (non-hydrogen) atoms. The van der Waals surface area contributed by atoms with Crippen molar-refractivity contribution in [3.8, 4) is 5.75 Å². The van der Waals surface area contributed by atoms with E-state index in [2.05, 4.69) is 9.88 Å². The van der Waals surface area contributed by atoms with Gasteiger partial charge in [-0.05, 0) is 82.7 Å². The Labute approximate surface area is 238 Å². The summed E-state index contributed by atoms with van der Waals surface area (Å²) in [6.07, 6.45) is 4.70. The van der Waals surface area contributed by atoms with Crippen LogP contribution in [0.25, 0.3) is 10.9 Å². The number of benzene rings is 1. The van der Waals surface area contributed by atoms with Crippen molar-refractivity contribution in [1.29, 1.82) is 0 Å². The third-order valence-electron chi connectivity index (χ3n) is 8.31. The number of fused-ring (bicyclic) bond motifs is 3. The van der Waals surface area contributed by atoms with Gasteiger partial charge in [0.2, 0.25) is 0 Å². The number of carbonyl (C=O) groups excluding carboxylic acids is 2. The van der Waals surface area contributed by atoms with Gasteiger partial charge in [-0.15, -0.1) is 0 Å². The first kappa shape index (κ1) is 29.1. The van der Waals surface area contributed by atoms with Gasteiger partial charge in [-0.3, -0.25) is 19.2 Å². The molecule has 8 nitrogen and oxygen atoms in total. The number of methoxy groups -OCH3 is 1. The lowest BCUT2D eigenvalue weighted by Gasteiger charge is -2.48. The zero-order valence-electron chi connectivity index (χ0n) is 24.4. The van der Waals surface area contributed by atoms with Crippen LogP contribution in [0.15, 0.2) is 36.7 Å². The van der Waals surface area contributed by atoms with Gasteiger partial charge in [-0.1, -0.05) is 6.07 Å². The molecule has 0 radical (unpaired) electrons. The lowest BCUT2D eigenvalue weighted by Crippen LogP contribution is -2.52. The topological polar surface area (TPSA) is 82.9 Å². The van der Waals surface area contributed by atoms with E-state index in [1.807, 2.05) is 45.9 Å². The summed E-state index contributed by atoms with van der Waals surface area (Å²) >= 11 is 0. The highest BCUT2D eigenvalue weighted by Crippen LogP contribution is 2.53. The molecule has 0 amide bonds. The molecule has 1 aromatic carbocycles. The van der Waals surface area contributed by atoms with Gasteiger partial charge in [0.15, 0.2) is 5.78 Å². The predicted octanol–water partition coefficient (Wildman–Crippen LogP) is 6.60. The molecular formula is C31H37F2N3O5. The molecule has 5 rings (SSSR count). The maximum absolute atomic E-state index is 13.3. The Hall–Kier alpha value is -3.37. The standard InChI is InChI=1S/C31H37F2N3O5/c1-18-13-26(39-6)24(23-10-12-35(27(18)23)29(38)41-30(3,4)5)17-36-21-9-11-31(36,15-22(14-21)40-28(32)33)20-7-8-25(19(2)37)34-16-20/h7-8,10,12-13,16,21-22,28H,9,11,14-15,17H2,1-6H3. The summed E-state index contributed by atoms with van der Waals surface area (Å²) in [5.41, 5.74) is 2.43. The van der Waals surface area contributed by atoms with Crippen LogP contribution >= 0.6 is 0 Å². The molecule has 220 valence electrons. The molecule has 3 aromatic rings. The van der Waals surface area contributed by atoms with Crippen LogP contribution in [0, 0.1) is 6.92 Å². The van der Waals surface area contributed by atoms with Crippen LogP contribution in [0.5, 0.6) is 5.75 Å². The average molecular weight is 570 g/mol. The Balaban J connectivity index is 1.59. The number of piperidine rings is 1. The fourth-order valence-electron chi connectivity index (χ4n) is 6.66. The molecule has 0 saturated carbocycles. The zero-order valence-corrected chi connectivity index (χ0v) is 24.4. The fraction of sp³-hybridized carbons (Fsp3) is 0.516. The van der Waals surface area contributed by atoms with E-state index in [0.717, 1.165) is 40.4 Å². The summed E-state index contributed by atoms with van der Waals surface area (Å²) in [6.45, 7) is 6.47. The highest BCUT2D eigenvalue weighted by Gasteiger charge is 2.53. The van der Waals surface area contributed by atoms with Gasteiger partial charge in [0.1, 0.15) is 17.0 Å². The Kier molecular flexibility index (Phi) is 7.67. The highest BCUT2D eigenvalue weighted by molar-refractivity contribution is 5.95. The van der Waals surface area contributed by atoms with Crippen LogP contribution in [0.2, 0.25) is 0 Å². The zero-order chi connectivity index (χ0) is 29.7. The molecule has 10 heteroatoms. The monoisotopic (exact) mass is 569 g/mol. The molecule has 2 saturated heterocycles. The molecule has 4 heterocycles. The van der Waals surface area contributed by atoms with Crippen LogP contribution in [-0.2, 0) is 21.6 Å². The number of rotatable bonds is 7. The summed E-state index contributed by atoms with van der Waals surface area (Å²) in [6, 6.07) is 7.37. The van der Waals surface area contributed by atoms with Crippen molar-refractivity contribution in [2.75, 3.05) is 7.11 Å². The maximum atomic E-state index is 13.3. The van der Waals surface area contributed by atoms with Gasteiger partial charge >= 0.3 is 12.7 Å². The Morgan fingerprint density at radius 1 is 1.22 bits per heavy atom. The van der Waals surface area contributed by atoms with Crippen molar-refractivity contribution in [2.24, 2.45) is 0 Å². The Bertz CT molecular complexity index is 1460. The molecular weight excluding hydrogens is 532 g/mol. The number of aryl methyl sites for hydroxylation is 1. The Morgan fingerprint density at radius 2 is 1.98 bits per heavy atom. The van der Waals surface area contributed by atoms with Gasteiger partial charge in [0.05, 0.1) is 24.3 Å². The fourth-order valence-corrected chi connectivity index (χ4v) is 6.66. The number of nitrogens with zero attached hydrogens (tertiary/aromatic N) is 3. The second-order valence-corrected chi connectivity index (χ2v) is 12.1. The van der Waals surface area contributed by atoms with Crippen LogP contribution in [-0.4, -0.2) is 57.8 Å². The number of aromatic nitrogens is 2. The number of halogens is 2. The second kappa shape index (κ2) is 10.8. The lowest BCUT2D eigenvalue weighted by atomic mass is 9.80. The number of hydrogen-bond acceptors (Lipinski definition) is 7. The smallest absolute Gasteiger partial charge is 0.419 e. The minimum atomic E-state index is -2.86. The molecule has 2 aliphatic heterocycles. The number of ketones is 1. The van der Waals surface area contributed by atoms with Gasteiger partial charge in [0, 0.05) is 42.9 Å². The number of alkyl halides is 2. The van der Waals surface area contributed by atoms with Crippen LogP contribution in [0.3, 0.4) is 0 Å². The van der Waals surface area contributed by atoms with E-state index in [0.29, 0.717) is 30.8 Å². The van der Waals surface area contributed by atoms with E-state index in [-0.39, 0.29) is 11.8 Å². The van der Waals surface area contributed by atoms with E-state index < -0.39 is 29.9 Å². The summed E-state index contributed by atoms with van der Waals surface area (Å²) in [5, 5.41) is 0.860. The van der Waals surface area contributed by atoms with Crippen LogP contribution in [0.4, 0.5) is 13.6 Å². The normalized spacial score (nSPS) is 22.9. The average Bonchev–Trinajstić information content (AvgIpc) is 3.42. The third kappa shape index (κ3) is 5.47. The quantitative estimate of drug-likeness (QED) is 0.297. The molecule has 0 spiro atoms. The molecule has 3 unspecified atom stereocenters. The summed E-state index contributed by atoms with van der Waals surface area (Å²) in [5.74, 6) is 0.543. The van der Waals surface area contributed by atoms with E-state index in [4.69, 9.17) is 14.2 Å². The second-order valence-electron chi connectivity index (χ2n) is 12.1. The van der Waals surface area contributed by atoms with E-state index in [1.54, 1.807) is 25.6 Å². The summed E-state index contributed by atoms with van der Waals surface area (Å²) in [7, 11) is 1.62. The SMILES string of the molecule is COc1cc(C)c2c(ccn2C(=O)OC(C)(C)C)c1CN1C2CCC1(c1ccc(C(C)=O)nc1)CC(OC(F)F)C2. The van der Waals surface area contributed by atoms with Crippen molar-refractivity contribution in [3.63, 3.8) is 0 Å². The van der Waals surface area contributed by atoms with Crippen molar-refractivity contribution in [3.05, 3.63) is 59.0 Å². The maximum Gasteiger partial charge on any atom is 0.419 e. The van der Waals surface area contributed by atoms with Crippen molar-refractivity contribution in [2.45, 2.75) is 96.7 Å². The van der Waals surface area contributed by atoms with Crippen LogP contribution < -0.4 is 4.74 Å². The van der Waals surface area contributed by atoms with Crippen molar-refractivity contribution < 1.29 is 32.6 Å². The first-order valence-corrected chi connectivity index (χ1v) is 13.9. The number of hydrogen-bond donors (Lipinski definition) is 0. The molecule has 3 atom stereocenters. The molecule has 2 aliphatic rings. The predicted molar refractivity (Wildman–Crippen MR) is 149 cm³/mol. The van der Waals surface area contributed by atoms with E-state index in [1.165, 1.54) is 11.5 Å². The van der Waals surface area contributed by atoms with Crippen LogP contribution in [0.1, 0.15) is 80.6 Å². The molecule has 0 aliphatic carbocycles. The highest BCUT2D eigenvalue weighted by atomic mass is 19.3. The molecule has 0 N–H and O–H groups in total. The first-order chi connectivity index (χ1) is 19.3. The van der Waals surface area contributed by atoms with Gasteiger partial charge in [0.25, 0.3) is 0 Å². The first-order valence-electron chi connectivity index (χ1n) is 13.9. The molecule has 2 fully saturated rings. The van der Waals surface area contributed by atoms with Gasteiger partial charge in [-0.25, -0.2) is 4.79 Å². The lowest BCUT2D eigenvalue weighted by molar-refractivity contribution is -0.188. The molecule has 2 aromatic heterocycles. The van der Waals surface area contributed by atoms with E-state index in [9.17, 15) is 18.4 Å². The third-order valence-corrected chi connectivity index (χ3v) is 8.31. The minimum absolute atomic E-state index is 0.0195. The number of Topliss-reactive ketones (excluding diaryl/α,β-unsaturated/α-hetero) is 1. The van der Waals surface area contributed by atoms with E-state index >= 15 is 0 Å². The minimum Gasteiger partial charge on any atom is -0.496 e. The number of ether oxygens (including phenoxy) is 3. The van der Waals surface area contributed by atoms with Crippen molar-refractivity contribution >= 4 is 22.8 Å². The van der Waals surface area contributed by atoms with Gasteiger partial charge in [-0.2, -0.15) is 8.78 Å². The number of pyridine rings is 1. The number of carbonyl (C=O) groups is 2. The van der Waals surface area contributed by atoms with Crippen molar-refractivity contribution in [1.82, 2.24) is 14.5 Å². The summed E-state index contributed by atoms with van der Waals surface area (Å²) < 4.78 is 44.8.